The summed E-state index contributed by atoms with van der Waals surface area (Å²) in [5.41, 5.74) is 3.09. The van der Waals surface area contributed by atoms with Crippen LogP contribution in [0.2, 0.25) is 0 Å². The Kier molecular flexibility index (Phi) is 1.93. The fourth-order valence-corrected chi connectivity index (χ4v) is 2.05. The van der Waals surface area contributed by atoms with Crippen LogP contribution in [0.4, 0.5) is 0 Å². The standard InChI is InChI=1S/C10H10N2S/c1-6-2-3-7-4-8(5-11)10(13)12-9(6)7/h4,6H,2-3H2,1H3,(H,12,13). The van der Waals surface area contributed by atoms with Gasteiger partial charge in [0, 0.05) is 5.69 Å². The fourth-order valence-electron chi connectivity index (χ4n) is 1.83. The van der Waals surface area contributed by atoms with Gasteiger partial charge in [-0.25, -0.2) is 0 Å². The van der Waals surface area contributed by atoms with Crippen LogP contribution in [0, 0.1) is 16.0 Å². The molecule has 0 saturated carbocycles. The smallest absolute Gasteiger partial charge is 0.121 e. The Bertz CT molecular complexity index is 439. The Morgan fingerprint density at radius 1 is 1.69 bits per heavy atom. The van der Waals surface area contributed by atoms with Gasteiger partial charge in [-0.15, -0.1) is 0 Å². The number of hydrogen-bond acceptors (Lipinski definition) is 2. The maximum atomic E-state index is 8.78. The zero-order valence-electron chi connectivity index (χ0n) is 7.42. The van der Waals surface area contributed by atoms with Gasteiger partial charge in [0.25, 0.3) is 0 Å². The lowest BCUT2D eigenvalue weighted by atomic mass is 10.1. The molecule has 2 nitrogen and oxygen atoms in total. The number of rotatable bonds is 0. The fraction of sp³-hybridized carbons (Fsp3) is 0.400. The molecule has 13 heavy (non-hydrogen) atoms. The van der Waals surface area contributed by atoms with Crippen molar-refractivity contribution in [2.45, 2.75) is 25.7 Å². The molecule has 1 atom stereocenters. The van der Waals surface area contributed by atoms with E-state index in [-0.39, 0.29) is 0 Å². The number of nitrogens with one attached hydrogen (secondary N) is 1. The molecule has 3 heteroatoms. The molecule has 0 bridgehead atoms. The van der Waals surface area contributed by atoms with E-state index >= 15 is 0 Å². The summed E-state index contributed by atoms with van der Waals surface area (Å²) in [4.78, 5) is 3.15. The van der Waals surface area contributed by atoms with Crippen molar-refractivity contribution in [3.05, 3.63) is 27.5 Å². The second-order valence-electron chi connectivity index (χ2n) is 3.50. The van der Waals surface area contributed by atoms with E-state index in [0.717, 1.165) is 12.8 Å². The first kappa shape index (κ1) is 8.46. The number of aromatic amines is 1. The van der Waals surface area contributed by atoms with Crippen LogP contribution >= 0.6 is 12.2 Å². The van der Waals surface area contributed by atoms with Crippen LogP contribution < -0.4 is 0 Å². The van der Waals surface area contributed by atoms with Gasteiger partial charge < -0.3 is 4.98 Å². The molecule has 0 radical (unpaired) electrons. The summed E-state index contributed by atoms with van der Waals surface area (Å²) in [5.74, 6) is 0.560. The average molecular weight is 190 g/mol. The molecule has 0 spiro atoms. The first-order valence-electron chi connectivity index (χ1n) is 4.38. The topological polar surface area (TPSA) is 39.6 Å². The summed E-state index contributed by atoms with van der Waals surface area (Å²) in [5, 5.41) is 8.78. The maximum Gasteiger partial charge on any atom is 0.121 e. The van der Waals surface area contributed by atoms with E-state index in [9.17, 15) is 0 Å². The van der Waals surface area contributed by atoms with Crippen LogP contribution in [0.25, 0.3) is 0 Å². The second kappa shape index (κ2) is 2.97. The summed E-state index contributed by atoms with van der Waals surface area (Å²) in [6, 6.07) is 4.03. The Hall–Kier alpha value is -1.14. The number of nitrogens with zero attached hydrogens (tertiary/aromatic N) is 1. The molecule has 1 aromatic rings. The molecule has 1 aliphatic carbocycles. The van der Waals surface area contributed by atoms with Crippen molar-refractivity contribution < 1.29 is 0 Å². The average Bonchev–Trinajstić information content (AvgIpc) is 2.47. The van der Waals surface area contributed by atoms with E-state index in [2.05, 4.69) is 18.0 Å². The molecule has 1 aliphatic rings. The largest absolute Gasteiger partial charge is 0.348 e. The van der Waals surface area contributed by atoms with Crippen molar-refractivity contribution in [3.63, 3.8) is 0 Å². The minimum atomic E-state index is 0.560. The summed E-state index contributed by atoms with van der Waals surface area (Å²) >= 11 is 5.07. The molecule has 0 saturated heterocycles. The molecular weight excluding hydrogens is 180 g/mol. The highest BCUT2D eigenvalue weighted by Crippen LogP contribution is 2.31. The first-order valence-corrected chi connectivity index (χ1v) is 4.79. The molecule has 0 aliphatic heterocycles. The minimum absolute atomic E-state index is 0.560. The predicted molar refractivity (Wildman–Crippen MR) is 53.1 cm³/mol. The van der Waals surface area contributed by atoms with Gasteiger partial charge in [0.05, 0.1) is 5.56 Å². The Morgan fingerprint density at radius 3 is 3.15 bits per heavy atom. The summed E-state index contributed by atoms with van der Waals surface area (Å²) < 4.78 is 0.579. The second-order valence-corrected chi connectivity index (χ2v) is 3.91. The Balaban J connectivity index is 2.65. The van der Waals surface area contributed by atoms with E-state index in [0.29, 0.717) is 16.1 Å². The lowest BCUT2D eigenvalue weighted by molar-refractivity contribution is 0.730. The highest BCUT2D eigenvalue weighted by molar-refractivity contribution is 7.71. The van der Waals surface area contributed by atoms with Gasteiger partial charge in [-0.2, -0.15) is 5.26 Å². The highest BCUT2D eigenvalue weighted by atomic mass is 32.1. The Labute approximate surface area is 82.2 Å². The van der Waals surface area contributed by atoms with Gasteiger partial charge >= 0.3 is 0 Å². The van der Waals surface area contributed by atoms with E-state index in [4.69, 9.17) is 17.5 Å². The molecular formula is C10H10N2S. The number of H-pyrrole nitrogens is 1. The molecule has 1 aromatic heterocycles. The SMILES string of the molecule is CC1CCc2cc(C#N)c(=S)[nH]c21. The summed E-state index contributed by atoms with van der Waals surface area (Å²) in [7, 11) is 0. The van der Waals surface area contributed by atoms with Gasteiger partial charge in [-0.3, -0.25) is 0 Å². The number of nitriles is 1. The first-order chi connectivity index (χ1) is 6.22. The normalized spacial score (nSPS) is 19.5. The maximum absolute atomic E-state index is 8.78. The summed E-state index contributed by atoms with van der Waals surface area (Å²) in [6.45, 7) is 2.18. The number of fused-ring (bicyclic) bond motifs is 1. The zero-order valence-corrected chi connectivity index (χ0v) is 8.24. The van der Waals surface area contributed by atoms with Crippen molar-refractivity contribution in [1.82, 2.24) is 4.98 Å². The van der Waals surface area contributed by atoms with E-state index in [1.54, 1.807) is 0 Å². The van der Waals surface area contributed by atoms with Crippen LogP contribution in [0.5, 0.6) is 0 Å². The van der Waals surface area contributed by atoms with E-state index < -0.39 is 0 Å². The van der Waals surface area contributed by atoms with Gasteiger partial charge in [-0.05, 0) is 30.4 Å². The van der Waals surface area contributed by atoms with Gasteiger partial charge in [0.2, 0.25) is 0 Å². The predicted octanol–water partition coefficient (Wildman–Crippen LogP) is 2.67. The molecule has 1 heterocycles. The quantitative estimate of drug-likeness (QED) is 0.639. The van der Waals surface area contributed by atoms with E-state index in [1.807, 2.05) is 6.07 Å². The Morgan fingerprint density at radius 2 is 2.46 bits per heavy atom. The number of aromatic nitrogens is 1. The third-order valence-corrected chi connectivity index (χ3v) is 2.94. The molecule has 1 unspecified atom stereocenters. The highest BCUT2D eigenvalue weighted by Gasteiger charge is 2.19. The van der Waals surface area contributed by atoms with Crippen molar-refractivity contribution >= 4 is 12.2 Å². The number of aryl methyl sites for hydroxylation is 1. The molecule has 1 N–H and O–H groups in total. The van der Waals surface area contributed by atoms with E-state index in [1.165, 1.54) is 11.3 Å². The van der Waals surface area contributed by atoms with Gasteiger partial charge in [0.1, 0.15) is 10.7 Å². The van der Waals surface area contributed by atoms with Gasteiger partial charge in [-0.1, -0.05) is 19.1 Å². The monoisotopic (exact) mass is 190 g/mol. The van der Waals surface area contributed by atoms with Crippen molar-refractivity contribution in [1.29, 1.82) is 5.26 Å². The van der Waals surface area contributed by atoms with Crippen LogP contribution in [0.15, 0.2) is 6.07 Å². The van der Waals surface area contributed by atoms with Crippen LogP contribution in [-0.4, -0.2) is 4.98 Å². The van der Waals surface area contributed by atoms with Crippen molar-refractivity contribution in [2.75, 3.05) is 0 Å². The molecule has 0 aromatic carbocycles. The molecule has 0 fully saturated rings. The molecule has 2 rings (SSSR count). The number of pyridine rings is 1. The lowest BCUT2D eigenvalue weighted by Gasteiger charge is -2.04. The third-order valence-electron chi connectivity index (χ3n) is 2.62. The van der Waals surface area contributed by atoms with Gasteiger partial charge in [0.15, 0.2) is 0 Å². The minimum Gasteiger partial charge on any atom is -0.348 e. The third kappa shape index (κ3) is 1.27. The van der Waals surface area contributed by atoms with Crippen LogP contribution in [0.1, 0.15) is 36.1 Å². The van der Waals surface area contributed by atoms with Crippen LogP contribution in [0.3, 0.4) is 0 Å². The molecule has 66 valence electrons. The number of hydrogen-bond donors (Lipinski definition) is 1. The van der Waals surface area contributed by atoms with Crippen molar-refractivity contribution in [2.24, 2.45) is 0 Å². The zero-order chi connectivity index (χ0) is 9.42. The van der Waals surface area contributed by atoms with Crippen LogP contribution in [-0.2, 0) is 6.42 Å². The lowest BCUT2D eigenvalue weighted by Crippen LogP contribution is -1.94. The summed E-state index contributed by atoms with van der Waals surface area (Å²) in [6.07, 6.45) is 2.23. The molecule has 0 amide bonds. The van der Waals surface area contributed by atoms with Crippen molar-refractivity contribution in [3.8, 4) is 6.07 Å².